The lowest BCUT2D eigenvalue weighted by Crippen LogP contribution is -2.38. The first kappa shape index (κ1) is 10.5. The number of nitrogens with zero attached hydrogens (tertiary/aromatic N) is 1. The van der Waals surface area contributed by atoms with E-state index in [1.165, 1.54) is 0 Å². The summed E-state index contributed by atoms with van der Waals surface area (Å²) >= 11 is 0. The summed E-state index contributed by atoms with van der Waals surface area (Å²) in [5.74, 6) is 0.590. The molecule has 0 radical (unpaired) electrons. The zero-order chi connectivity index (χ0) is 9.84. The minimum atomic E-state index is 0.173. The fourth-order valence-electron chi connectivity index (χ4n) is 1.60. The maximum absolute atomic E-state index is 11.3. The predicted molar refractivity (Wildman–Crippen MR) is 50.2 cm³/mol. The van der Waals surface area contributed by atoms with E-state index >= 15 is 0 Å². The Morgan fingerprint density at radius 1 is 1.77 bits per heavy atom. The molecule has 1 fully saturated rings. The van der Waals surface area contributed by atoms with Crippen molar-refractivity contribution in [1.29, 1.82) is 0 Å². The Bertz CT molecular complexity index is 184. The molecule has 1 amide bonds. The molecule has 1 heterocycles. The van der Waals surface area contributed by atoms with Gasteiger partial charge in [-0.1, -0.05) is 6.92 Å². The molecule has 2 unspecified atom stereocenters. The highest BCUT2D eigenvalue weighted by Crippen LogP contribution is 2.08. The van der Waals surface area contributed by atoms with Crippen molar-refractivity contribution in [3.63, 3.8) is 0 Å². The number of hydrogen-bond donors (Lipinski definition) is 1. The molecular formula is C9H18N2O2. The van der Waals surface area contributed by atoms with Crippen molar-refractivity contribution in [2.45, 2.75) is 20.0 Å². The van der Waals surface area contributed by atoms with E-state index in [4.69, 9.17) is 4.74 Å². The SMILES string of the molecule is COCC(C)CN1C(=O)CNC1C. The summed E-state index contributed by atoms with van der Waals surface area (Å²) < 4.78 is 5.03. The third kappa shape index (κ3) is 2.67. The largest absolute Gasteiger partial charge is 0.384 e. The number of carbonyl (C=O) groups excluding carboxylic acids is 1. The van der Waals surface area contributed by atoms with Crippen molar-refractivity contribution in [3.05, 3.63) is 0 Å². The van der Waals surface area contributed by atoms with Gasteiger partial charge in [0, 0.05) is 13.7 Å². The molecule has 1 saturated heterocycles. The first-order chi connectivity index (χ1) is 6.15. The number of amides is 1. The number of rotatable bonds is 4. The van der Waals surface area contributed by atoms with Crippen molar-refractivity contribution >= 4 is 5.91 Å². The Morgan fingerprint density at radius 3 is 2.92 bits per heavy atom. The Kier molecular flexibility index (Phi) is 3.69. The topological polar surface area (TPSA) is 41.6 Å². The van der Waals surface area contributed by atoms with Crippen molar-refractivity contribution in [1.82, 2.24) is 10.2 Å². The standard InChI is InChI=1S/C9H18N2O2/c1-7(6-13-3)5-11-8(2)10-4-9(11)12/h7-8,10H,4-6H2,1-3H3. The van der Waals surface area contributed by atoms with Crippen molar-refractivity contribution in [2.24, 2.45) is 5.92 Å². The molecule has 0 saturated carbocycles. The molecular weight excluding hydrogens is 168 g/mol. The number of ether oxygens (including phenoxy) is 1. The lowest BCUT2D eigenvalue weighted by atomic mass is 10.2. The second-order valence-corrected chi connectivity index (χ2v) is 3.66. The summed E-state index contributed by atoms with van der Waals surface area (Å²) in [4.78, 5) is 13.2. The highest BCUT2D eigenvalue weighted by molar-refractivity contribution is 5.80. The van der Waals surface area contributed by atoms with Crippen molar-refractivity contribution < 1.29 is 9.53 Å². The van der Waals surface area contributed by atoms with Crippen LogP contribution in [0.1, 0.15) is 13.8 Å². The van der Waals surface area contributed by atoms with Crippen LogP contribution in [-0.2, 0) is 9.53 Å². The van der Waals surface area contributed by atoms with E-state index in [1.807, 2.05) is 11.8 Å². The quantitative estimate of drug-likeness (QED) is 0.674. The molecule has 2 atom stereocenters. The van der Waals surface area contributed by atoms with Gasteiger partial charge in [0.05, 0.1) is 19.3 Å². The van der Waals surface area contributed by atoms with Crippen LogP contribution in [0, 0.1) is 5.92 Å². The normalized spacial score (nSPS) is 25.3. The maximum Gasteiger partial charge on any atom is 0.237 e. The third-order valence-corrected chi connectivity index (χ3v) is 2.30. The smallest absolute Gasteiger partial charge is 0.237 e. The number of hydrogen-bond acceptors (Lipinski definition) is 3. The molecule has 0 aliphatic carbocycles. The van der Waals surface area contributed by atoms with E-state index in [0.717, 1.165) is 6.54 Å². The summed E-state index contributed by atoms with van der Waals surface area (Å²) in [6, 6.07) is 0. The molecule has 1 rings (SSSR count). The molecule has 4 heteroatoms. The van der Waals surface area contributed by atoms with Gasteiger partial charge in [-0.05, 0) is 12.8 Å². The molecule has 0 aromatic rings. The Balaban J connectivity index is 2.38. The Hall–Kier alpha value is -0.610. The average molecular weight is 186 g/mol. The Morgan fingerprint density at radius 2 is 2.46 bits per heavy atom. The zero-order valence-electron chi connectivity index (χ0n) is 8.54. The van der Waals surface area contributed by atoms with E-state index in [2.05, 4.69) is 12.2 Å². The number of nitrogens with one attached hydrogen (secondary N) is 1. The van der Waals surface area contributed by atoms with Gasteiger partial charge in [-0.2, -0.15) is 0 Å². The predicted octanol–water partition coefficient (Wildman–Crippen LogP) is 0.0467. The van der Waals surface area contributed by atoms with Crippen LogP contribution >= 0.6 is 0 Å². The average Bonchev–Trinajstić information content (AvgIpc) is 2.36. The lowest BCUT2D eigenvalue weighted by molar-refractivity contribution is -0.128. The van der Waals surface area contributed by atoms with E-state index in [1.54, 1.807) is 7.11 Å². The van der Waals surface area contributed by atoms with Crippen molar-refractivity contribution in [3.8, 4) is 0 Å². The van der Waals surface area contributed by atoms with Gasteiger partial charge in [-0.25, -0.2) is 0 Å². The molecule has 0 aromatic carbocycles. The van der Waals surface area contributed by atoms with Crippen LogP contribution < -0.4 is 5.32 Å². The van der Waals surface area contributed by atoms with Crippen LogP contribution in [0.3, 0.4) is 0 Å². The van der Waals surface area contributed by atoms with Gasteiger partial charge in [0.2, 0.25) is 5.91 Å². The highest BCUT2D eigenvalue weighted by Gasteiger charge is 2.27. The van der Waals surface area contributed by atoms with Crippen molar-refractivity contribution in [2.75, 3.05) is 26.8 Å². The molecule has 0 bridgehead atoms. The number of methoxy groups -OCH3 is 1. The fraction of sp³-hybridized carbons (Fsp3) is 0.889. The second-order valence-electron chi connectivity index (χ2n) is 3.66. The van der Waals surface area contributed by atoms with E-state index < -0.39 is 0 Å². The van der Waals surface area contributed by atoms with Gasteiger partial charge in [0.25, 0.3) is 0 Å². The molecule has 1 N–H and O–H groups in total. The summed E-state index contributed by atoms with van der Waals surface area (Å²) in [7, 11) is 1.68. The van der Waals surface area contributed by atoms with E-state index in [0.29, 0.717) is 19.1 Å². The number of carbonyl (C=O) groups is 1. The first-order valence-corrected chi connectivity index (χ1v) is 4.67. The van der Waals surface area contributed by atoms with Crippen LogP contribution in [0.25, 0.3) is 0 Å². The summed E-state index contributed by atoms with van der Waals surface area (Å²) in [6.07, 6.45) is 0.173. The fourth-order valence-corrected chi connectivity index (χ4v) is 1.60. The highest BCUT2D eigenvalue weighted by atomic mass is 16.5. The molecule has 13 heavy (non-hydrogen) atoms. The molecule has 76 valence electrons. The first-order valence-electron chi connectivity index (χ1n) is 4.67. The van der Waals surface area contributed by atoms with E-state index in [-0.39, 0.29) is 12.1 Å². The monoisotopic (exact) mass is 186 g/mol. The maximum atomic E-state index is 11.3. The van der Waals surface area contributed by atoms with E-state index in [9.17, 15) is 4.79 Å². The van der Waals surface area contributed by atoms with Gasteiger partial charge in [0.1, 0.15) is 0 Å². The van der Waals surface area contributed by atoms with Crippen LogP contribution in [0.4, 0.5) is 0 Å². The molecule has 0 spiro atoms. The third-order valence-electron chi connectivity index (χ3n) is 2.30. The van der Waals surface area contributed by atoms with Crippen LogP contribution in [0.2, 0.25) is 0 Å². The summed E-state index contributed by atoms with van der Waals surface area (Å²) in [5, 5.41) is 3.10. The lowest BCUT2D eigenvalue weighted by Gasteiger charge is -2.24. The zero-order valence-corrected chi connectivity index (χ0v) is 8.54. The minimum Gasteiger partial charge on any atom is -0.384 e. The van der Waals surface area contributed by atoms with Gasteiger partial charge in [-0.3, -0.25) is 10.1 Å². The van der Waals surface area contributed by atoms with Gasteiger partial charge < -0.3 is 9.64 Å². The molecule has 4 nitrogen and oxygen atoms in total. The van der Waals surface area contributed by atoms with Gasteiger partial charge >= 0.3 is 0 Å². The molecule has 1 aliphatic rings. The molecule has 0 aromatic heterocycles. The van der Waals surface area contributed by atoms with Crippen LogP contribution in [-0.4, -0.2) is 43.8 Å². The minimum absolute atomic E-state index is 0.173. The van der Waals surface area contributed by atoms with Gasteiger partial charge in [0.15, 0.2) is 0 Å². The summed E-state index contributed by atoms with van der Waals surface area (Å²) in [6.45, 7) is 6.05. The Labute approximate surface area is 79.2 Å². The van der Waals surface area contributed by atoms with Crippen LogP contribution in [0.5, 0.6) is 0 Å². The summed E-state index contributed by atoms with van der Waals surface area (Å²) in [5.41, 5.74) is 0. The van der Waals surface area contributed by atoms with Gasteiger partial charge in [-0.15, -0.1) is 0 Å². The molecule has 1 aliphatic heterocycles. The van der Waals surface area contributed by atoms with Crippen LogP contribution in [0.15, 0.2) is 0 Å². The second kappa shape index (κ2) is 4.58.